The molecular formula is C22H25BrN4O5S. The van der Waals surface area contributed by atoms with E-state index in [1.165, 1.54) is 42.6 Å². The molecule has 0 aliphatic heterocycles. The summed E-state index contributed by atoms with van der Waals surface area (Å²) in [6.45, 7) is 6.66. The average Bonchev–Trinajstić information content (AvgIpc) is 3.23. The molecule has 0 radical (unpaired) electrons. The standard InChI is InChI=1S/C22H25BrN4O5S/c1-5-25(6-2)9-10-26(22-24-16-8-7-14(23)11-20(16)33-22)21(28)15-12-18(31-3)19(32-4)13-17(15)27(29)30/h7-8,11-13H,5-6,9-10H2,1-4H3. The van der Waals surface area contributed by atoms with Crippen LogP contribution in [-0.4, -0.2) is 61.1 Å². The van der Waals surface area contributed by atoms with Gasteiger partial charge in [-0.1, -0.05) is 41.1 Å². The molecule has 3 rings (SSSR count). The highest BCUT2D eigenvalue weighted by atomic mass is 79.9. The van der Waals surface area contributed by atoms with Gasteiger partial charge in [0.1, 0.15) is 5.56 Å². The molecule has 2 aromatic carbocycles. The van der Waals surface area contributed by atoms with E-state index in [9.17, 15) is 14.9 Å². The van der Waals surface area contributed by atoms with E-state index in [1.54, 1.807) is 0 Å². The van der Waals surface area contributed by atoms with Crippen molar-refractivity contribution in [3.63, 3.8) is 0 Å². The van der Waals surface area contributed by atoms with Crippen LogP contribution in [-0.2, 0) is 0 Å². The van der Waals surface area contributed by atoms with Crippen LogP contribution in [0.4, 0.5) is 10.8 Å². The van der Waals surface area contributed by atoms with Crippen LogP contribution in [0.25, 0.3) is 10.2 Å². The van der Waals surface area contributed by atoms with Gasteiger partial charge in [-0.3, -0.25) is 19.8 Å². The molecule has 1 amide bonds. The lowest BCUT2D eigenvalue weighted by molar-refractivity contribution is -0.385. The predicted octanol–water partition coefficient (Wildman–Crippen LogP) is 4.97. The highest BCUT2D eigenvalue weighted by Crippen LogP contribution is 2.37. The monoisotopic (exact) mass is 536 g/mol. The number of rotatable bonds is 10. The number of nitro benzene ring substituents is 1. The van der Waals surface area contributed by atoms with Crippen LogP contribution in [0.2, 0.25) is 0 Å². The van der Waals surface area contributed by atoms with Crippen LogP contribution >= 0.6 is 27.3 Å². The molecule has 11 heteroatoms. The average molecular weight is 537 g/mol. The minimum atomic E-state index is -0.590. The molecule has 0 saturated carbocycles. The number of fused-ring (bicyclic) bond motifs is 1. The highest BCUT2D eigenvalue weighted by Gasteiger charge is 2.30. The number of amides is 1. The van der Waals surface area contributed by atoms with Crippen molar-refractivity contribution in [3.05, 3.63) is 50.5 Å². The number of anilines is 1. The number of hydrogen-bond donors (Lipinski definition) is 0. The number of nitro groups is 1. The van der Waals surface area contributed by atoms with Gasteiger partial charge in [0.15, 0.2) is 16.6 Å². The van der Waals surface area contributed by atoms with E-state index < -0.39 is 10.8 Å². The molecule has 0 atom stereocenters. The van der Waals surface area contributed by atoms with Gasteiger partial charge in [-0.15, -0.1) is 0 Å². The van der Waals surface area contributed by atoms with E-state index in [0.717, 1.165) is 27.8 Å². The molecule has 3 aromatic rings. The first-order valence-electron chi connectivity index (χ1n) is 10.3. The number of carbonyl (C=O) groups excluding carboxylic acids is 1. The lowest BCUT2D eigenvalue weighted by Crippen LogP contribution is -2.39. The molecular weight excluding hydrogens is 512 g/mol. The van der Waals surface area contributed by atoms with E-state index in [2.05, 4.69) is 25.8 Å². The van der Waals surface area contributed by atoms with Crippen LogP contribution in [0.5, 0.6) is 11.5 Å². The highest BCUT2D eigenvalue weighted by molar-refractivity contribution is 9.10. The maximum absolute atomic E-state index is 13.7. The molecule has 9 nitrogen and oxygen atoms in total. The lowest BCUT2D eigenvalue weighted by atomic mass is 10.1. The second kappa shape index (κ2) is 10.9. The van der Waals surface area contributed by atoms with E-state index in [-0.39, 0.29) is 22.7 Å². The summed E-state index contributed by atoms with van der Waals surface area (Å²) in [5, 5.41) is 12.3. The smallest absolute Gasteiger partial charge is 0.286 e. The molecule has 176 valence electrons. The molecule has 0 aliphatic carbocycles. The first-order chi connectivity index (χ1) is 15.8. The van der Waals surface area contributed by atoms with Crippen molar-refractivity contribution in [3.8, 4) is 11.5 Å². The Hall–Kier alpha value is -2.76. The second-order valence-electron chi connectivity index (χ2n) is 7.07. The molecule has 0 spiro atoms. The number of aromatic nitrogens is 1. The Kier molecular flexibility index (Phi) is 8.22. The number of carbonyl (C=O) groups is 1. The van der Waals surface area contributed by atoms with E-state index in [4.69, 9.17) is 9.47 Å². The summed E-state index contributed by atoms with van der Waals surface area (Å²) < 4.78 is 12.3. The molecule has 33 heavy (non-hydrogen) atoms. The summed E-state index contributed by atoms with van der Waals surface area (Å²) in [5.74, 6) is -0.100. The molecule has 1 aromatic heterocycles. The molecule has 0 N–H and O–H groups in total. The van der Waals surface area contributed by atoms with Crippen molar-refractivity contribution >= 4 is 54.2 Å². The van der Waals surface area contributed by atoms with E-state index >= 15 is 0 Å². The van der Waals surface area contributed by atoms with Crippen molar-refractivity contribution < 1.29 is 19.2 Å². The number of nitrogens with zero attached hydrogens (tertiary/aromatic N) is 4. The van der Waals surface area contributed by atoms with Gasteiger partial charge in [0.2, 0.25) is 0 Å². The topological polar surface area (TPSA) is 98.0 Å². The van der Waals surface area contributed by atoms with Crippen molar-refractivity contribution in [1.82, 2.24) is 9.88 Å². The zero-order chi connectivity index (χ0) is 24.1. The minimum absolute atomic E-state index is 0.0855. The third kappa shape index (κ3) is 5.43. The molecule has 0 aliphatic rings. The van der Waals surface area contributed by atoms with Crippen molar-refractivity contribution in [2.45, 2.75) is 13.8 Å². The van der Waals surface area contributed by atoms with Gasteiger partial charge < -0.3 is 14.4 Å². The van der Waals surface area contributed by atoms with Gasteiger partial charge >= 0.3 is 0 Å². The zero-order valence-corrected chi connectivity index (χ0v) is 21.2. The van der Waals surface area contributed by atoms with Gasteiger partial charge in [0.25, 0.3) is 11.6 Å². The number of ether oxygens (including phenoxy) is 2. The maximum Gasteiger partial charge on any atom is 0.286 e. The predicted molar refractivity (Wildman–Crippen MR) is 133 cm³/mol. The summed E-state index contributed by atoms with van der Waals surface area (Å²) in [7, 11) is 2.81. The van der Waals surface area contributed by atoms with Crippen LogP contribution in [0.1, 0.15) is 24.2 Å². The first-order valence-corrected chi connectivity index (χ1v) is 11.9. The molecule has 0 saturated heterocycles. The molecule has 0 fully saturated rings. The summed E-state index contributed by atoms with van der Waals surface area (Å²) in [6, 6.07) is 8.25. The number of methoxy groups -OCH3 is 2. The van der Waals surface area contributed by atoms with Crippen molar-refractivity contribution in [2.24, 2.45) is 0 Å². The van der Waals surface area contributed by atoms with E-state index in [1.807, 2.05) is 32.0 Å². The SMILES string of the molecule is CCN(CC)CCN(C(=O)c1cc(OC)c(OC)cc1[N+](=O)[O-])c1nc2ccc(Br)cc2s1. The van der Waals surface area contributed by atoms with Crippen LogP contribution in [0.15, 0.2) is 34.8 Å². The number of thiazole rings is 1. The summed E-state index contributed by atoms with van der Waals surface area (Å²) in [6.07, 6.45) is 0. The Bertz CT molecular complexity index is 1170. The fraction of sp³-hybridized carbons (Fsp3) is 0.364. The van der Waals surface area contributed by atoms with Crippen molar-refractivity contribution in [1.29, 1.82) is 0 Å². The van der Waals surface area contributed by atoms with Gasteiger partial charge in [-0.2, -0.15) is 0 Å². The van der Waals surface area contributed by atoms with E-state index in [0.29, 0.717) is 18.2 Å². The number of halogens is 1. The molecule has 1 heterocycles. The number of benzene rings is 2. The Morgan fingerprint density at radius 3 is 2.39 bits per heavy atom. The Morgan fingerprint density at radius 1 is 1.12 bits per heavy atom. The maximum atomic E-state index is 13.7. The second-order valence-corrected chi connectivity index (χ2v) is 9.00. The Balaban J connectivity index is 2.11. The molecule has 0 bridgehead atoms. The Morgan fingerprint density at radius 2 is 1.79 bits per heavy atom. The van der Waals surface area contributed by atoms with Gasteiger partial charge in [-0.05, 0) is 31.3 Å². The zero-order valence-electron chi connectivity index (χ0n) is 18.8. The fourth-order valence-electron chi connectivity index (χ4n) is 3.40. The summed E-state index contributed by atoms with van der Waals surface area (Å²) >= 11 is 4.82. The fourth-order valence-corrected chi connectivity index (χ4v) is 4.94. The van der Waals surface area contributed by atoms with Crippen molar-refractivity contribution in [2.75, 3.05) is 45.3 Å². The molecule has 0 unspecified atom stereocenters. The number of likely N-dealkylation sites (N-methyl/N-ethyl adjacent to an activating group) is 1. The van der Waals surface area contributed by atoms with Gasteiger partial charge in [0.05, 0.1) is 35.4 Å². The Labute approximate surface area is 204 Å². The lowest BCUT2D eigenvalue weighted by Gasteiger charge is -2.25. The summed E-state index contributed by atoms with van der Waals surface area (Å²) in [5.41, 5.74) is 0.313. The minimum Gasteiger partial charge on any atom is -0.493 e. The number of hydrogen-bond acceptors (Lipinski definition) is 8. The van der Waals surface area contributed by atoms with Gasteiger partial charge in [0, 0.05) is 23.6 Å². The van der Waals surface area contributed by atoms with Crippen LogP contribution < -0.4 is 14.4 Å². The van der Waals surface area contributed by atoms with Crippen LogP contribution in [0, 0.1) is 10.1 Å². The van der Waals surface area contributed by atoms with Crippen LogP contribution in [0.3, 0.4) is 0 Å². The summed E-state index contributed by atoms with van der Waals surface area (Å²) in [4.78, 5) is 33.3. The normalized spacial score (nSPS) is 11.1. The third-order valence-electron chi connectivity index (χ3n) is 5.28. The largest absolute Gasteiger partial charge is 0.493 e. The first kappa shape index (κ1) is 24.9. The third-order valence-corrected chi connectivity index (χ3v) is 6.81. The quantitative estimate of drug-likeness (QED) is 0.266. The van der Waals surface area contributed by atoms with Gasteiger partial charge in [-0.25, -0.2) is 4.98 Å².